The van der Waals surface area contributed by atoms with Crippen LogP contribution in [0.1, 0.15) is 42.5 Å². The number of carbonyl (C=O) groups is 1. The number of benzene rings is 2. The molecule has 1 amide bonds. The first-order valence-electron chi connectivity index (χ1n) is 8.50. The van der Waals surface area contributed by atoms with Crippen molar-refractivity contribution >= 4 is 11.6 Å². The van der Waals surface area contributed by atoms with E-state index in [9.17, 15) is 9.90 Å². The van der Waals surface area contributed by atoms with Crippen molar-refractivity contribution in [2.75, 3.05) is 11.4 Å². The zero-order valence-corrected chi connectivity index (χ0v) is 14.0. The van der Waals surface area contributed by atoms with Gasteiger partial charge >= 0.3 is 0 Å². The van der Waals surface area contributed by atoms with Crippen LogP contribution in [0.4, 0.5) is 5.69 Å². The Morgan fingerprint density at radius 1 is 1.17 bits per heavy atom. The van der Waals surface area contributed by atoms with Gasteiger partial charge in [0, 0.05) is 31.2 Å². The molecule has 1 heterocycles. The van der Waals surface area contributed by atoms with Crippen LogP contribution in [0.15, 0.2) is 48.5 Å². The monoisotopic (exact) mass is 324 g/mol. The Hall–Kier alpha value is -2.17. The second-order valence-corrected chi connectivity index (χ2v) is 6.32. The minimum atomic E-state index is 0.0667. The van der Waals surface area contributed by atoms with Crippen LogP contribution in [0.3, 0.4) is 0 Å². The Labute approximate surface area is 143 Å². The van der Waals surface area contributed by atoms with Crippen molar-refractivity contribution in [3.8, 4) is 0 Å². The fraction of sp³-hybridized carbons (Fsp3) is 0.350. The summed E-state index contributed by atoms with van der Waals surface area (Å²) in [5.41, 5.74) is 4.28. The summed E-state index contributed by atoms with van der Waals surface area (Å²) in [4.78, 5) is 13.6. The second kappa shape index (κ2) is 7.60. The third-order valence-electron chi connectivity index (χ3n) is 4.57. The lowest BCUT2D eigenvalue weighted by Gasteiger charge is -2.17. The number of carbonyl (C=O) groups excluding carboxylic acids is 1. The fourth-order valence-electron chi connectivity index (χ4n) is 3.06. The highest BCUT2D eigenvalue weighted by atomic mass is 16.3. The zero-order chi connectivity index (χ0) is 16.9. The summed E-state index contributed by atoms with van der Waals surface area (Å²) in [7, 11) is 0. The van der Waals surface area contributed by atoms with E-state index in [-0.39, 0.29) is 18.6 Å². The lowest BCUT2D eigenvalue weighted by Crippen LogP contribution is -2.23. The summed E-state index contributed by atoms with van der Waals surface area (Å²) in [5, 5.41) is 12.7. The molecule has 4 nitrogen and oxygen atoms in total. The predicted molar refractivity (Wildman–Crippen MR) is 95.6 cm³/mol. The van der Waals surface area contributed by atoms with E-state index in [4.69, 9.17) is 0 Å². The van der Waals surface area contributed by atoms with E-state index >= 15 is 0 Å². The minimum Gasteiger partial charge on any atom is -0.392 e. The van der Waals surface area contributed by atoms with E-state index < -0.39 is 0 Å². The van der Waals surface area contributed by atoms with Crippen molar-refractivity contribution in [3.05, 3.63) is 65.2 Å². The van der Waals surface area contributed by atoms with Gasteiger partial charge in [0.2, 0.25) is 5.91 Å². The fourth-order valence-corrected chi connectivity index (χ4v) is 3.06. The molecule has 2 N–H and O–H groups in total. The van der Waals surface area contributed by atoms with Crippen LogP contribution in [-0.2, 0) is 17.9 Å². The molecule has 4 heteroatoms. The van der Waals surface area contributed by atoms with Gasteiger partial charge in [-0.15, -0.1) is 0 Å². The molecule has 0 spiro atoms. The molecule has 0 saturated carbocycles. The van der Waals surface area contributed by atoms with E-state index in [1.165, 1.54) is 11.1 Å². The number of anilines is 1. The van der Waals surface area contributed by atoms with Crippen LogP contribution in [-0.4, -0.2) is 17.6 Å². The SMILES string of the molecule is CC(NCc1ccc(N2CCCC2=O)cc1)c1cccc(CO)c1. The number of hydrogen-bond donors (Lipinski definition) is 2. The minimum absolute atomic E-state index is 0.0667. The van der Waals surface area contributed by atoms with E-state index in [2.05, 4.69) is 30.4 Å². The summed E-state index contributed by atoms with van der Waals surface area (Å²) in [6.07, 6.45) is 1.61. The number of nitrogens with zero attached hydrogens (tertiary/aromatic N) is 1. The number of hydrogen-bond acceptors (Lipinski definition) is 3. The highest BCUT2D eigenvalue weighted by Gasteiger charge is 2.21. The van der Waals surface area contributed by atoms with E-state index in [0.717, 1.165) is 30.8 Å². The summed E-state index contributed by atoms with van der Waals surface area (Å²) >= 11 is 0. The van der Waals surface area contributed by atoms with Gasteiger partial charge in [0.25, 0.3) is 0 Å². The van der Waals surface area contributed by atoms with Crippen molar-refractivity contribution in [1.82, 2.24) is 5.32 Å². The molecular weight excluding hydrogens is 300 g/mol. The number of amides is 1. The highest BCUT2D eigenvalue weighted by Crippen LogP contribution is 2.22. The maximum absolute atomic E-state index is 11.8. The zero-order valence-electron chi connectivity index (χ0n) is 14.0. The van der Waals surface area contributed by atoms with E-state index in [1.807, 2.05) is 35.2 Å². The Balaban J connectivity index is 1.59. The Bertz CT molecular complexity index is 697. The summed E-state index contributed by atoms with van der Waals surface area (Å²) in [5.74, 6) is 0.221. The molecule has 0 aromatic heterocycles. The molecule has 126 valence electrons. The summed E-state index contributed by atoms with van der Waals surface area (Å²) in [6, 6.07) is 16.4. The van der Waals surface area contributed by atoms with Crippen LogP contribution >= 0.6 is 0 Å². The Morgan fingerprint density at radius 3 is 2.62 bits per heavy atom. The molecule has 0 aliphatic carbocycles. The number of rotatable bonds is 6. The lowest BCUT2D eigenvalue weighted by molar-refractivity contribution is -0.117. The predicted octanol–water partition coefficient (Wildman–Crippen LogP) is 3.16. The molecule has 0 radical (unpaired) electrons. The number of aliphatic hydroxyl groups excluding tert-OH is 1. The maximum Gasteiger partial charge on any atom is 0.227 e. The molecule has 1 saturated heterocycles. The Morgan fingerprint density at radius 2 is 1.96 bits per heavy atom. The average molecular weight is 324 g/mol. The molecule has 1 aliphatic rings. The topological polar surface area (TPSA) is 52.6 Å². The molecule has 24 heavy (non-hydrogen) atoms. The van der Waals surface area contributed by atoms with Crippen molar-refractivity contribution in [3.63, 3.8) is 0 Å². The van der Waals surface area contributed by atoms with Crippen LogP contribution in [0.25, 0.3) is 0 Å². The molecule has 1 atom stereocenters. The molecule has 0 bridgehead atoms. The third kappa shape index (κ3) is 3.83. The van der Waals surface area contributed by atoms with Gasteiger partial charge in [-0.05, 0) is 42.2 Å². The van der Waals surface area contributed by atoms with Crippen molar-refractivity contribution < 1.29 is 9.90 Å². The summed E-state index contributed by atoms with van der Waals surface area (Å²) in [6.45, 7) is 3.78. The van der Waals surface area contributed by atoms with Gasteiger partial charge in [0.15, 0.2) is 0 Å². The molecule has 1 aliphatic heterocycles. The lowest BCUT2D eigenvalue weighted by atomic mass is 10.1. The Kier molecular flexibility index (Phi) is 5.28. The average Bonchev–Trinajstić information content (AvgIpc) is 3.06. The second-order valence-electron chi connectivity index (χ2n) is 6.32. The number of nitrogens with one attached hydrogen (secondary N) is 1. The van der Waals surface area contributed by atoms with Crippen LogP contribution in [0, 0.1) is 0 Å². The van der Waals surface area contributed by atoms with Crippen molar-refractivity contribution in [2.45, 2.75) is 39.0 Å². The van der Waals surface area contributed by atoms with Gasteiger partial charge in [-0.1, -0.05) is 36.4 Å². The molecule has 3 rings (SSSR count). The van der Waals surface area contributed by atoms with Crippen LogP contribution < -0.4 is 10.2 Å². The molecule has 1 unspecified atom stereocenters. The van der Waals surface area contributed by atoms with Gasteiger partial charge in [0.1, 0.15) is 0 Å². The quantitative estimate of drug-likeness (QED) is 0.858. The molecule has 2 aromatic rings. The van der Waals surface area contributed by atoms with E-state index in [0.29, 0.717) is 6.42 Å². The standard InChI is InChI=1S/C20H24N2O2/c1-15(18-5-2-4-17(12-18)14-23)21-13-16-7-9-19(10-8-16)22-11-3-6-20(22)24/h2,4-5,7-10,12,15,21,23H,3,6,11,13-14H2,1H3. The van der Waals surface area contributed by atoms with Gasteiger partial charge in [0.05, 0.1) is 6.61 Å². The van der Waals surface area contributed by atoms with Gasteiger partial charge in [-0.2, -0.15) is 0 Å². The van der Waals surface area contributed by atoms with E-state index in [1.54, 1.807) is 0 Å². The van der Waals surface area contributed by atoms with Crippen molar-refractivity contribution in [2.24, 2.45) is 0 Å². The first-order chi connectivity index (χ1) is 11.7. The summed E-state index contributed by atoms with van der Waals surface area (Å²) < 4.78 is 0. The van der Waals surface area contributed by atoms with Gasteiger partial charge in [-0.25, -0.2) is 0 Å². The molecule has 1 fully saturated rings. The van der Waals surface area contributed by atoms with Gasteiger partial charge < -0.3 is 15.3 Å². The highest BCUT2D eigenvalue weighted by molar-refractivity contribution is 5.95. The third-order valence-corrected chi connectivity index (χ3v) is 4.57. The maximum atomic E-state index is 11.8. The first kappa shape index (κ1) is 16.7. The van der Waals surface area contributed by atoms with Crippen LogP contribution in [0.5, 0.6) is 0 Å². The first-order valence-corrected chi connectivity index (χ1v) is 8.50. The normalized spacial score (nSPS) is 15.8. The largest absolute Gasteiger partial charge is 0.392 e. The molecular formula is C20H24N2O2. The molecule has 2 aromatic carbocycles. The van der Waals surface area contributed by atoms with Gasteiger partial charge in [-0.3, -0.25) is 4.79 Å². The van der Waals surface area contributed by atoms with Crippen molar-refractivity contribution in [1.29, 1.82) is 0 Å². The number of aliphatic hydroxyl groups is 1. The smallest absolute Gasteiger partial charge is 0.227 e. The van der Waals surface area contributed by atoms with Crippen LogP contribution in [0.2, 0.25) is 0 Å².